The Hall–Kier alpha value is -0.300. The van der Waals surface area contributed by atoms with Gasteiger partial charge in [-0.2, -0.15) is 0 Å². The van der Waals surface area contributed by atoms with Crippen LogP contribution in [0.15, 0.2) is 0 Å². The second-order valence-electron chi connectivity index (χ2n) is 2.90. The molecule has 6 heteroatoms. The predicted molar refractivity (Wildman–Crippen MR) is 55.2 cm³/mol. The summed E-state index contributed by atoms with van der Waals surface area (Å²) in [6.45, 7) is 1.30. The molecule has 0 radical (unpaired) electrons. The molecule has 0 saturated carbocycles. The van der Waals surface area contributed by atoms with Crippen LogP contribution < -0.4 is 10.6 Å². The lowest BCUT2D eigenvalue weighted by molar-refractivity contribution is -0.122. The highest BCUT2D eigenvalue weighted by atomic mass is 32.2. The minimum atomic E-state index is -0.0576. The number of hydrogen-bond donors (Lipinski definition) is 3. The first kappa shape index (κ1) is 11.8. The number of rotatable bonds is 6. The maximum absolute atomic E-state index is 11.4. The maximum atomic E-state index is 11.4. The molecular formula is C8H16N2O3S. The van der Waals surface area contributed by atoms with E-state index in [9.17, 15) is 4.79 Å². The van der Waals surface area contributed by atoms with Gasteiger partial charge in [0.2, 0.25) is 5.91 Å². The van der Waals surface area contributed by atoms with Crippen LogP contribution in [0.4, 0.5) is 0 Å². The van der Waals surface area contributed by atoms with Gasteiger partial charge >= 0.3 is 0 Å². The zero-order chi connectivity index (χ0) is 10.2. The quantitative estimate of drug-likeness (QED) is 0.489. The molecule has 82 valence electrons. The summed E-state index contributed by atoms with van der Waals surface area (Å²) in [5.41, 5.74) is 0. The zero-order valence-corrected chi connectivity index (χ0v) is 8.81. The number of aliphatic hydroxyl groups is 1. The molecule has 1 aliphatic rings. The van der Waals surface area contributed by atoms with Crippen LogP contribution in [-0.2, 0) is 9.53 Å². The molecule has 0 aromatic heterocycles. The molecule has 1 saturated heterocycles. The number of carbonyl (C=O) groups excluding carboxylic acids is 1. The fourth-order valence-electron chi connectivity index (χ4n) is 1.10. The van der Waals surface area contributed by atoms with E-state index in [1.165, 1.54) is 0 Å². The molecule has 1 unspecified atom stereocenters. The number of ether oxygens (including phenoxy) is 1. The number of thioether (sulfide) groups is 1. The predicted octanol–water partition coefficient (Wildman–Crippen LogP) is -1.23. The lowest BCUT2D eigenvalue weighted by atomic mass is 10.3. The SMILES string of the molecule is O=C(NCCOCCO)C1CSCN1. The van der Waals surface area contributed by atoms with Gasteiger partial charge in [0.15, 0.2) is 0 Å². The summed E-state index contributed by atoms with van der Waals surface area (Å²) in [6.07, 6.45) is 0. The van der Waals surface area contributed by atoms with Crippen molar-refractivity contribution in [2.45, 2.75) is 6.04 Å². The molecule has 3 N–H and O–H groups in total. The number of aliphatic hydroxyl groups excluding tert-OH is 1. The van der Waals surface area contributed by atoms with Crippen LogP contribution >= 0.6 is 11.8 Å². The Morgan fingerprint density at radius 3 is 3.14 bits per heavy atom. The molecule has 0 bridgehead atoms. The first-order chi connectivity index (χ1) is 6.84. The van der Waals surface area contributed by atoms with E-state index in [-0.39, 0.29) is 18.6 Å². The molecule has 1 heterocycles. The van der Waals surface area contributed by atoms with Crippen molar-refractivity contribution >= 4 is 17.7 Å². The zero-order valence-electron chi connectivity index (χ0n) is 7.99. The van der Waals surface area contributed by atoms with Gasteiger partial charge in [-0.3, -0.25) is 10.1 Å². The van der Waals surface area contributed by atoms with Crippen molar-refractivity contribution < 1.29 is 14.6 Å². The van der Waals surface area contributed by atoms with Gasteiger partial charge < -0.3 is 15.2 Å². The summed E-state index contributed by atoms with van der Waals surface area (Å²) >= 11 is 1.72. The number of hydrogen-bond acceptors (Lipinski definition) is 5. The molecule has 1 atom stereocenters. The minimum absolute atomic E-state index is 0.0226. The van der Waals surface area contributed by atoms with Crippen molar-refractivity contribution in [2.24, 2.45) is 0 Å². The van der Waals surface area contributed by atoms with Crippen LogP contribution in [0.2, 0.25) is 0 Å². The summed E-state index contributed by atoms with van der Waals surface area (Å²) in [4.78, 5) is 11.4. The molecule has 0 spiro atoms. The Kier molecular flexibility index (Phi) is 5.93. The summed E-state index contributed by atoms with van der Waals surface area (Å²) in [6, 6.07) is -0.0576. The first-order valence-electron chi connectivity index (χ1n) is 4.62. The van der Waals surface area contributed by atoms with Gasteiger partial charge in [0, 0.05) is 18.2 Å². The van der Waals surface area contributed by atoms with Gasteiger partial charge in [-0.05, 0) is 0 Å². The summed E-state index contributed by atoms with van der Waals surface area (Å²) in [5.74, 6) is 1.71. The standard InChI is InChI=1S/C8H16N2O3S/c11-2-4-13-3-1-9-8(12)7-5-14-6-10-7/h7,10-11H,1-6H2,(H,9,12). The van der Waals surface area contributed by atoms with E-state index < -0.39 is 0 Å². The van der Waals surface area contributed by atoms with Crippen LogP contribution in [0.25, 0.3) is 0 Å². The van der Waals surface area contributed by atoms with Gasteiger partial charge in [-0.1, -0.05) is 0 Å². The third-order valence-electron chi connectivity index (χ3n) is 1.81. The van der Waals surface area contributed by atoms with Gasteiger partial charge in [0.1, 0.15) is 0 Å². The number of nitrogens with one attached hydrogen (secondary N) is 2. The molecular weight excluding hydrogens is 204 g/mol. The van der Waals surface area contributed by atoms with Crippen molar-refractivity contribution in [3.05, 3.63) is 0 Å². The molecule has 1 amide bonds. The third-order valence-corrected chi connectivity index (χ3v) is 2.75. The number of carbonyl (C=O) groups is 1. The van der Waals surface area contributed by atoms with Crippen molar-refractivity contribution in [3.8, 4) is 0 Å². The Morgan fingerprint density at radius 1 is 1.64 bits per heavy atom. The van der Waals surface area contributed by atoms with Crippen LogP contribution in [0.1, 0.15) is 0 Å². The third kappa shape index (κ3) is 4.28. The summed E-state index contributed by atoms with van der Waals surface area (Å²) < 4.78 is 5.01. The first-order valence-corrected chi connectivity index (χ1v) is 5.77. The number of amides is 1. The lowest BCUT2D eigenvalue weighted by Crippen LogP contribution is -2.43. The van der Waals surface area contributed by atoms with Gasteiger partial charge in [0.05, 0.1) is 25.9 Å². The molecule has 1 rings (SSSR count). The highest BCUT2D eigenvalue weighted by Crippen LogP contribution is 2.08. The second-order valence-corrected chi connectivity index (χ2v) is 3.93. The van der Waals surface area contributed by atoms with E-state index in [4.69, 9.17) is 9.84 Å². The van der Waals surface area contributed by atoms with Crippen molar-refractivity contribution in [3.63, 3.8) is 0 Å². The lowest BCUT2D eigenvalue weighted by Gasteiger charge is -2.10. The highest BCUT2D eigenvalue weighted by Gasteiger charge is 2.21. The average Bonchev–Trinajstić information content (AvgIpc) is 2.70. The van der Waals surface area contributed by atoms with E-state index in [1.807, 2.05) is 0 Å². The molecule has 5 nitrogen and oxygen atoms in total. The Labute approximate surface area is 87.6 Å². The second kappa shape index (κ2) is 7.05. The van der Waals surface area contributed by atoms with E-state index in [2.05, 4.69) is 10.6 Å². The van der Waals surface area contributed by atoms with Crippen LogP contribution in [0.3, 0.4) is 0 Å². The topological polar surface area (TPSA) is 70.6 Å². The van der Waals surface area contributed by atoms with E-state index >= 15 is 0 Å². The van der Waals surface area contributed by atoms with E-state index in [0.717, 1.165) is 11.6 Å². The molecule has 0 aliphatic carbocycles. The van der Waals surface area contributed by atoms with Crippen LogP contribution in [-0.4, -0.2) is 55.1 Å². The molecule has 14 heavy (non-hydrogen) atoms. The average molecular weight is 220 g/mol. The smallest absolute Gasteiger partial charge is 0.238 e. The van der Waals surface area contributed by atoms with E-state index in [1.54, 1.807) is 11.8 Å². The molecule has 0 aromatic rings. The Morgan fingerprint density at radius 2 is 2.50 bits per heavy atom. The van der Waals surface area contributed by atoms with Crippen molar-refractivity contribution in [1.82, 2.24) is 10.6 Å². The van der Waals surface area contributed by atoms with Gasteiger partial charge in [-0.25, -0.2) is 0 Å². The van der Waals surface area contributed by atoms with Crippen LogP contribution in [0.5, 0.6) is 0 Å². The fourth-order valence-corrected chi connectivity index (χ4v) is 2.04. The Balaban J connectivity index is 1.97. The van der Waals surface area contributed by atoms with Crippen molar-refractivity contribution in [1.29, 1.82) is 0 Å². The molecule has 1 aliphatic heterocycles. The van der Waals surface area contributed by atoms with Crippen LogP contribution in [0, 0.1) is 0 Å². The van der Waals surface area contributed by atoms with Gasteiger partial charge in [0.25, 0.3) is 0 Å². The largest absolute Gasteiger partial charge is 0.394 e. The van der Waals surface area contributed by atoms with E-state index in [0.29, 0.717) is 19.8 Å². The highest BCUT2D eigenvalue weighted by molar-refractivity contribution is 7.99. The Bertz CT molecular complexity index is 174. The maximum Gasteiger partial charge on any atom is 0.238 e. The normalized spacial score (nSPS) is 21.1. The monoisotopic (exact) mass is 220 g/mol. The molecule has 0 aromatic carbocycles. The molecule has 1 fully saturated rings. The summed E-state index contributed by atoms with van der Waals surface area (Å²) in [5, 5.41) is 14.3. The van der Waals surface area contributed by atoms with Gasteiger partial charge in [-0.15, -0.1) is 11.8 Å². The summed E-state index contributed by atoms with van der Waals surface area (Å²) in [7, 11) is 0. The van der Waals surface area contributed by atoms with Crippen molar-refractivity contribution in [2.75, 3.05) is 38.0 Å². The fraction of sp³-hybridized carbons (Fsp3) is 0.875. The minimum Gasteiger partial charge on any atom is -0.394 e.